The molecular formula is C18H18N4O4. The van der Waals surface area contributed by atoms with Gasteiger partial charge >= 0.3 is 5.97 Å². The molecule has 3 N–H and O–H groups in total. The molecule has 0 radical (unpaired) electrons. The summed E-state index contributed by atoms with van der Waals surface area (Å²) in [4.78, 5) is 23.1. The number of ether oxygens (including phenoxy) is 1. The second-order valence-electron chi connectivity index (χ2n) is 5.56. The summed E-state index contributed by atoms with van der Waals surface area (Å²) in [6, 6.07) is 7.76. The van der Waals surface area contributed by atoms with Crippen molar-refractivity contribution in [3.8, 4) is 6.07 Å². The molecule has 26 heavy (non-hydrogen) atoms. The number of benzene rings is 1. The fraction of sp³-hybridized carbons (Fsp3) is 0.222. The van der Waals surface area contributed by atoms with Gasteiger partial charge in [0.05, 0.1) is 28.1 Å². The van der Waals surface area contributed by atoms with Gasteiger partial charge in [0.2, 0.25) is 0 Å². The van der Waals surface area contributed by atoms with Crippen molar-refractivity contribution in [1.29, 1.82) is 5.26 Å². The van der Waals surface area contributed by atoms with E-state index >= 15 is 0 Å². The monoisotopic (exact) mass is 354 g/mol. The van der Waals surface area contributed by atoms with E-state index in [2.05, 4.69) is 5.32 Å². The average Bonchev–Trinajstić information content (AvgIpc) is 2.61. The SMILES string of the molecule is C/C=C/COC(=O)C1=C(C)NC(N)=C(C#N)C1c1cccc([N+](=O)[O-])c1. The van der Waals surface area contributed by atoms with Crippen LogP contribution in [0.25, 0.3) is 0 Å². The van der Waals surface area contributed by atoms with Crippen molar-refractivity contribution in [1.82, 2.24) is 5.32 Å². The van der Waals surface area contributed by atoms with E-state index in [4.69, 9.17) is 10.5 Å². The first-order valence-electron chi connectivity index (χ1n) is 7.80. The third-order valence-electron chi connectivity index (χ3n) is 3.89. The summed E-state index contributed by atoms with van der Waals surface area (Å²) >= 11 is 0. The summed E-state index contributed by atoms with van der Waals surface area (Å²) in [5.74, 6) is -1.37. The van der Waals surface area contributed by atoms with Crippen LogP contribution in [0.3, 0.4) is 0 Å². The zero-order valence-corrected chi connectivity index (χ0v) is 14.4. The molecule has 0 aliphatic carbocycles. The molecular weight excluding hydrogens is 336 g/mol. The van der Waals surface area contributed by atoms with Crippen LogP contribution >= 0.6 is 0 Å². The number of nitro groups is 1. The summed E-state index contributed by atoms with van der Waals surface area (Å²) in [5.41, 5.74) is 6.91. The number of allylic oxidation sites excluding steroid dienone is 3. The number of esters is 1. The van der Waals surface area contributed by atoms with Crippen molar-refractivity contribution in [3.05, 3.63) is 74.8 Å². The van der Waals surface area contributed by atoms with Gasteiger partial charge in [-0.1, -0.05) is 24.3 Å². The largest absolute Gasteiger partial charge is 0.458 e. The smallest absolute Gasteiger partial charge is 0.337 e. The first-order valence-corrected chi connectivity index (χ1v) is 7.80. The minimum Gasteiger partial charge on any atom is -0.458 e. The summed E-state index contributed by atoms with van der Waals surface area (Å²) in [7, 11) is 0. The minimum absolute atomic E-state index is 0.0782. The molecule has 0 saturated carbocycles. The molecule has 8 nitrogen and oxygen atoms in total. The van der Waals surface area contributed by atoms with Crippen LogP contribution in [-0.2, 0) is 9.53 Å². The molecule has 0 bridgehead atoms. The number of non-ortho nitro benzene ring substituents is 1. The second-order valence-corrected chi connectivity index (χ2v) is 5.56. The van der Waals surface area contributed by atoms with Crippen molar-refractivity contribution in [2.75, 3.05) is 6.61 Å². The van der Waals surface area contributed by atoms with Gasteiger partial charge in [-0.2, -0.15) is 5.26 Å². The molecule has 0 spiro atoms. The van der Waals surface area contributed by atoms with Crippen molar-refractivity contribution in [2.45, 2.75) is 19.8 Å². The molecule has 1 atom stereocenters. The van der Waals surface area contributed by atoms with Gasteiger partial charge in [0.1, 0.15) is 12.4 Å². The Balaban J connectivity index is 2.56. The lowest BCUT2D eigenvalue weighted by Gasteiger charge is -2.27. The van der Waals surface area contributed by atoms with Crippen LogP contribution in [0, 0.1) is 21.4 Å². The third kappa shape index (κ3) is 3.72. The molecule has 1 unspecified atom stereocenters. The number of nitrogens with zero attached hydrogens (tertiary/aromatic N) is 2. The lowest BCUT2D eigenvalue weighted by molar-refractivity contribution is -0.384. The molecule has 1 heterocycles. The fourth-order valence-electron chi connectivity index (χ4n) is 2.70. The van der Waals surface area contributed by atoms with E-state index in [0.717, 1.165) is 0 Å². The van der Waals surface area contributed by atoms with Gasteiger partial charge in [0.15, 0.2) is 0 Å². The van der Waals surface area contributed by atoms with E-state index < -0.39 is 16.8 Å². The van der Waals surface area contributed by atoms with Gasteiger partial charge in [-0.25, -0.2) is 4.79 Å². The van der Waals surface area contributed by atoms with Crippen LogP contribution in [0.4, 0.5) is 5.69 Å². The van der Waals surface area contributed by atoms with Gasteiger partial charge < -0.3 is 15.8 Å². The standard InChI is InChI=1S/C18H18N4O4/c1-3-4-8-26-18(23)15-11(2)21-17(20)14(10-19)16(15)12-6-5-7-13(9-12)22(24)25/h3-7,9,16,21H,8,20H2,1-2H3/b4-3+. The molecule has 134 valence electrons. The first kappa shape index (κ1) is 18.7. The number of nitriles is 1. The van der Waals surface area contributed by atoms with E-state index in [9.17, 15) is 20.2 Å². The third-order valence-corrected chi connectivity index (χ3v) is 3.89. The van der Waals surface area contributed by atoms with Gasteiger partial charge in [-0.3, -0.25) is 10.1 Å². The highest BCUT2D eigenvalue weighted by Gasteiger charge is 2.35. The van der Waals surface area contributed by atoms with Crippen molar-refractivity contribution < 1.29 is 14.5 Å². The van der Waals surface area contributed by atoms with E-state index in [-0.39, 0.29) is 29.3 Å². The maximum absolute atomic E-state index is 12.6. The van der Waals surface area contributed by atoms with E-state index in [1.165, 1.54) is 18.2 Å². The predicted octanol–water partition coefficient (Wildman–Crippen LogP) is 2.37. The number of nitro benzene ring substituents is 1. The number of carbonyl (C=O) groups is 1. The molecule has 0 fully saturated rings. The Morgan fingerprint density at radius 3 is 2.88 bits per heavy atom. The van der Waals surface area contributed by atoms with Crippen molar-refractivity contribution in [3.63, 3.8) is 0 Å². The second kappa shape index (κ2) is 7.98. The van der Waals surface area contributed by atoms with E-state index in [1.54, 1.807) is 32.1 Å². The first-order chi connectivity index (χ1) is 12.4. The number of nitrogens with two attached hydrogens (primary N) is 1. The Kier molecular flexibility index (Phi) is 5.75. The normalized spacial score (nSPS) is 17.0. The number of dihydropyridines is 1. The van der Waals surface area contributed by atoms with E-state index in [1.807, 2.05) is 6.07 Å². The Bertz CT molecular complexity index is 877. The van der Waals surface area contributed by atoms with Crippen LogP contribution in [0.15, 0.2) is 59.1 Å². The highest BCUT2D eigenvalue weighted by molar-refractivity contribution is 5.93. The van der Waals surface area contributed by atoms with Crippen molar-refractivity contribution in [2.24, 2.45) is 5.73 Å². The zero-order valence-electron chi connectivity index (χ0n) is 14.4. The van der Waals surface area contributed by atoms with Crippen LogP contribution in [-0.4, -0.2) is 17.5 Å². The van der Waals surface area contributed by atoms with Gasteiger partial charge in [0, 0.05) is 17.8 Å². The predicted molar refractivity (Wildman–Crippen MR) is 94.3 cm³/mol. The minimum atomic E-state index is -0.848. The van der Waals surface area contributed by atoms with Crippen molar-refractivity contribution >= 4 is 11.7 Å². The quantitative estimate of drug-likeness (QED) is 0.359. The Morgan fingerprint density at radius 1 is 1.54 bits per heavy atom. The Hall–Kier alpha value is -3.60. The highest BCUT2D eigenvalue weighted by Crippen LogP contribution is 2.38. The molecule has 1 aliphatic rings. The summed E-state index contributed by atoms with van der Waals surface area (Å²) in [5, 5.41) is 23.4. The molecule has 8 heteroatoms. The van der Waals surface area contributed by atoms with Gasteiger partial charge in [-0.15, -0.1) is 0 Å². The number of hydrogen-bond acceptors (Lipinski definition) is 7. The molecule has 1 aliphatic heterocycles. The fourth-order valence-corrected chi connectivity index (χ4v) is 2.70. The molecule has 1 aromatic rings. The molecule has 0 aromatic heterocycles. The topological polar surface area (TPSA) is 131 Å². The van der Waals surface area contributed by atoms with Gasteiger partial charge in [0.25, 0.3) is 5.69 Å². The van der Waals surface area contributed by atoms with Crippen LogP contribution < -0.4 is 11.1 Å². The maximum Gasteiger partial charge on any atom is 0.337 e. The molecule has 0 saturated heterocycles. The molecule has 0 amide bonds. The van der Waals surface area contributed by atoms with Crippen LogP contribution in [0.5, 0.6) is 0 Å². The zero-order chi connectivity index (χ0) is 19.3. The Morgan fingerprint density at radius 2 is 2.27 bits per heavy atom. The number of carbonyl (C=O) groups excluding carboxylic acids is 1. The number of rotatable bonds is 5. The number of hydrogen-bond donors (Lipinski definition) is 2. The van der Waals surface area contributed by atoms with Crippen LogP contribution in [0.1, 0.15) is 25.3 Å². The molecule has 1 aromatic carbocycles. The maximum atomic E-state index is 12.6. The lowest BCUT2D eigenvalue weighted by atomic mass is 9.82. The van der Waals surface area contributed by atoms with Crippen LogP contribution in [0.2, 0.25) is 0 Å². The summed E-state index contributed by atoms with van der Waals surface area (Å²) in [6.45, 7) is 3.51. The number of nitrogens with one attached hydrogen (secondary N) is 1. The van der Waals surface area contributed by atoms with E-state index in [0.29, 0.717) is 11.3 Å². The lowest BCUT2D eigenvalue weighted by Crippen LogP contribution is -2.32. The van der Waals surface area contributed by atoms with Gasteiger partial charge in [-0.05, 0) is 19.4 Å². The Labute approximate surface area is 150 Å². The average molecular weight is 354 g/mol. The summed E-state index contributed by atoms with van der Waals surface area (Å²) in [6.07, 6.45) is 3.41. The summed E-state index contributed by atoms with van der Waals surface area (Å²) < 4.78 is 5.22. The molecule has 2 rings (SSSR count). The highest BCUT2D eigenvalue weighted by atomic mass is 16.6.